The number of ether oxygens (including phenoxy) is 1. The third-order valence-electron chi connectivity index (χ3n) is 1.92. The maximum absolute atomic E-state index is 11.3. The molecule has 0 saturated carbocycles. The first-order valence-corrected chi connectivity index (χ1v) is 4.54. The molecule has 0 spiro atoms. The summed E-state index contributed by atoms with van der Waals surface area (Å²) in [6.07, 6.45) is -0.226. The fourth-order valence-electron chi connectivity index (χ4n) is 1.11. The average Bonchev–Trinajstić information content (AvgIpc) is 2.05. The Balaban J connectivity index is 4.31. The minimum atomic E-state index is -0.788. The second-order valence-corrected chi connectivity index (χ2v) is 3.06. The maximum atomic E-state index is 11.3. The van der Waals surface area contributed by atoms with Crippen LogP contribution in [0.5, 0.6) is 0 Å². The molecule has 0 aromatic rings. The molecule has 76 valence electrons. The van der Waals surface area contributed by atoms with E-state index >= 15 is 0 Å². The van der Waals surface area contributed by atoms with Crippen LogP contribution in [-0.2, 0) is 9.53 Å². The molecule has 0 bridgehead atoms. The second kappa shape index (κ2) is 5.75. The van der Waals surface area contributed by atoms with Crippen molar-refractivity contribution in [3.05, 3.63) is 12.2 Å². The zero-order chi connectivity index (χ0) is 10.4. The number of hydrogen-bond donors (Lipinski definition) is 1. The summed E-state index contributed by atoms with van der Waals surface area (Å²) in [6.45, 7) is 9.24. The first-order valence-electron chi connectivity index (χ1n) is 4.54. The fourth-order valence-corrected chi connectivity index (χ4v) is 1.11. The Labute approximate surface area is 79.4 Å². The number of hydrogen-bond acceptors (Lipinski definition) is 3. The van der Waals surface area contributed by atoms with Gasteiger partial charge in [0, 0.05) is 0 Å². The summed E-state index contributed by atoms with van der Waals surface area (Å²) in [6, 6.07) is 0. The summed E-state index contributed by atoms with van der Waals surface area (Å²) in [7, 11) is 0. The molecule has 0 fully saturated rings. The number of rotatable bonds is 5. The molecule has 0 rings (SSSR count). The lowest BCUT2D eigenvalue weighted by atomic mass is 9.95. The first-order chi connectivity index (χ1) is 6.04. The molecule has 13 heavy (non-hydrogen) atoms. The monoisotopic (exact) mass is 186 g/mol. The zero-order valence-corrected chi connectivity index (χ0v) is 8.54. The van der Waals surface area contributed by atoms with Gasteiger partial charge in [0.2, 0.25) is 0 Å². The minimum Gasteiger partial charge on any atom is -0.466 e. The highest BCUT2D eigenvalue weighted by atomic mass is 16.5. The van der Waals surface area contributed by atoms with Crippen LogP contribution in [-0.4, -0.2) is 23.8 Å². The fraction of sp³-hybridized carbons (Fsp3) is 0.700. The van der Waals surface area contributed by atoms with Gasteiger partial charge in [-0.3, -0.25) is 4.79 Å². The van der Waals surface area contributed by atoms with Crippen molar-refractivity contribution in [2.24, 2.45) is 5.92 Å². The molecule has 0 aromatic heterocycles. The molecule has 0 aliphatic heterocycles. The van der Waals surface area contributed by atoms with Crippen LogP contribution in [0.25, 0.3) is 0 Å². The smallest absolute Gasteiger partial charge is 0.311 e. The molecule has 0 aromatic carbocycles. The van der Waals surface area contributed by atoms with E-state index in [1.807, 2.05) is 6.92 Å². The van der Waals surface area contributed by atoms with E-state index in [1.165, 1.54) is 0 Å². The van der Waals surface area contributed by atoms with E-state index in [2.05, 4.69) is 6.58 Å². The summed E-state index contributed by atoms with van der Waals surface area (Å²) < 4.78 is 4.83. The van der Waals surface area contributed by atoms with Gasteiger partial charge in [-0.15, -0.1) is 0 Å². The number of carbonyl (C=O) groups is 1. The highest BCUT2D eigenvalue weighted by Gasteiger charge is 2.26. The molecule has 0 aliphatic rings. The summed E-state index contributed by atoms with van der Waals surface area (Å²) in [5.41, 5.74) is 0.597. The van der Waals surface area contributed by atoms with Crippen LogP contribution in [0.15, 0.2) is 12.2 Å². The Morgan fingerprint density at radius 3 is 2.38 bits per heavy atom. The van der Waals surface area contributed by atoms with Gasteiger partial charge in [-0.25, -0.2) is 0 Å². The van der Waals surface area contributed by atoms with Crippen LogP contribution < -0.4 is 0 Å². The summed E-state index contributed by atoms with van der Waals surface area (Å²) in [4.78, 5) is 11.3. The van der Waals surface area contributed by atoms with Crippen molar-refractivity contribution >= 4 is 5.97 Å². The van der Waals surface area contributed by atoms with E-state index in [0.29, 0.717) is 18.6 Å². The molecule has 0 radical (unpaired) electrons. The van der Waals surface area contributed by atoms with Crippen molar-refractivity contribution in [1.82, 2.24) is 0 Å². The van der Waals surface area contributed by atoms with Crippen LogP contribution in [0.2, 0.25) is 0 Å². The summed E-state index contributed by atoms with van der Waals surface area (Å²) in [5.74, 6) is -0.821. The third-order valence-corrected chi connectivity index (χ3v) is 1.92. The van der Waals surface area contributed by atoms with Crippen molar-refractivity contribution in [3.8, 4) is 0 Å². The lowest BCUT2D eigenvalue weighted by Crippen LogP contribution is -2.30. The van der Waals surface area contributed by atoms with Gasteiger partial charge in [0.1, 0.15) is 0 Å². The largest absolute Gasteiger partial charge is 0.466 e. The van der Waals surface area contributed by atoms with Gasteiger partial charge in [0.15, 0.2) is 0 Å². The van der Waals surface area contributed by atoms with Gasteiger partial charge in [-0.05, 0) is 20.3 Å². The predicted octanol–water partition coefficient (Wildman–Crippen LogP) is 1.51. The number of aliphatic hydroxyl groups is 1. The SMILES string of the molecule is C=C(C)[C@H](O)[C@H](CC)C(=O)OCC. The zero-order valence-electron chi connectivity index (χ0n) is 8.54. The Morgan fingerprint density at radius 2 is 2.08 bits per heavy atom. The predicted molar refractivity (Wildman–Crippen MR) is 51.2 cm³/mol. The van der Waals surface area contributed by atoms with Crippen molar-refractivity contribution in [2.45, 2.75) is 33.3 Å². The molecule has 3 heteroatoms. The van der Waals surface area contributed by atoms with Gasteiger partial charge in [0.05, 0.1) is 18.6 Å². The molecular formula is C10H18O3. The number of carbonyl (C=O) groups excluding carboxylic acids is 1. The van der Waals surface area contributed by atoms with Crippen LogP contribution in [0.4, 0.5) is 0 Å². The van der Waals surface area contributed by atoms with Crippen molar-refractivity contribution in [1.29, 1.82) is 0 Å². The quantitative estimate of drug-likeness (QED) is 0.523. The standard InChI is InChI=1S/C10H18O3/c1-5-8(9(11)7(3)4)10(12)13-6-2/h8-9,11H,3,5-6H2,1-2,4H3/t8-,9-/m0/s1. The van der Waals surface area contributed by atoms with Crippen molar-refractivity contribution in [2.75, 3.05) is 6.61 Å². The molecular weight excluding hydrogens is 168 g/mol. The highest BCUT2D eigenvalue weighted by molar-refractivity contribution is 5.73. The maximum Gasteiger partial charge on any atom is 0.311 e. The topological polar surface area (TPSA) is 46.5 Å². The van der Waals surface area contributed by atoms with Gasteiger partial charge in [-0.1, -0.05) is 19.1 Å². The first kappa shape index (κ1) is 12.2. The van der Waals surface area contributed by atoms with Crippen LogP contribution in [0.1, 0.15) is 27.2 Å². The Hall–Kier alpha value is -0.830. The lowest BCUT2D eigenvalue weighted by Gasteiger charge is -2.19. The molecule has 0 heterocycles. The minimum absolute atomic E-state index is 0.345. The average molecular weight is 186 g/mol. The Morgan fingerprint density at radius 1 is 1.54 bits per heavy atom. The highest BCUT2D eigenvalue weighted by Crippen LogP contribution is 2.16. The normalized spacial score (nSPS) is 14.8. The number of esters is 1. The van der Waals surface area contributed by atoms with E-state index < -0.39 is 12.0 Å². The summed E-state index contributed by atoms with van der Waals surface area (Å²) >= 11 is 0. The van der Waals surface area contributed by atoms with Gasteiger partial charge < -0.3 is 9.84 Å². The molecule has 3 nitrogen and oxygen atoms in total. The Bertz CT molecular complexity index is 187. The van der Waals surface area contributed by atoms with Gasteiger partial charge in [0.25, 0.3) is 0 Å². The second-order valence-electron chi connectivity index (χ2n) is 3.06. The Kier molecular flexibility index (Phi) is 5.39. The molecule has 0 saturated heterocycles. The molecule has 0 unspecified atom stereocenters. The van der Waals surface area contributed by atoms with Crippen molar-refractivity contribution in [3.63, 3.8) is 0 Å². The van der Waals surface area contributed by atoms with Gasteiger partial charge in [-0.2, -0.15) is 0 Å². The molecule has 0 aliphatic carbocycles. The van der Waals surface area contributed by atoms with E-state index in [9.17, 15) is 9.90 Å². The van der Waals surface area contributed by atoms with E-state index in [4.69, 9.17) is 4.74 Å². The van der Waals surface area contributed by atoms with E-state index in [1.54, 1.807) is 13.8 Å². The lowest BCUT2D eigenvalue weighted by molar-refractivity contribution is -0.151. The molecule has 2 atom stereocenters. The number of aliphatic hydroxyl groups excluding tert-OH is 1. The van der Waals surface area contributed by atoms with Crippen LogP contribution in [0.3, 0.4) is 0 Å². The van der Waals surface area contributed by atoms with E-state index in [-0.39, 0.29) is 5.97 Å². The molecule has 0 amide bonds. The van der Waals surface area contributed by atoms with E-state index in [0.717, 1.165) is 0 Å². The van der Waals surface area contributed by atoms with Crippen molar-refractivity contribution < 1.29 is 14.6 Å². The summed E-state index contributed by atoms with van der Waals surface area (Å²) in [5, 5.41) is 9.58. The molecule has 1 N–H and O–H groups in total. The van der Waals surface area contributed by atoms with Crippen LogP contribution in [0, 0.1) is 5.92 Å². The van der Waals surface area contributed by atoms with Crippen LogP contribution >= 0.6 is 0 Å². The van der Waals surface area contributed by atoms with Gasteiger partial charge >= 0.3 is 5.97 Å². The third kappa shape index (κ3) is 3.59.